The molecule has 27 heavy (non-hydrogen) atoms. The molecule has 1 amide bonds. The normalized spacial score (nSPS) is 26.1. The quantitative estimate of drug-likeness (QED) is 0.741. The van der Waals surface area contributed by atoms with Crippen LogP contribution in [0.5, 0.6) is 5.75 Å². The zero-order valence-electron chi connectivity index (χ0n) is 15.6. The second-order valence-corrected chi connectivity index (χ2v) is 9.09. The van der Waals surface area contributed by atoms with Gasteiger partial charge in [-0.15, -0.1) is 5.10 Å². The van der Waals surface area contributed by atoms with Gasteiger partial charge in [0, 0.05) is 6.04 Å². The van der Waals surface area contributed by atoms with Gasteiger partial charge in [-0.2, -0.15) is 4.68 Å². The number of phenolic OH excluding ortho intramolecular Hbond substituents is 1. The minimum Gasteiger partial charge on any atom is -0.508 e. The molecule has 5 unspecified atom stereocenters. The lowest BCUT2D eigenvalue weighted by atomic mass is 9.84. The maximum atomic E-state index is 12.7. The SMILES string of the molecule is CC(Sc1nnnn1-c1ccc(O)cc1)C(=O)NC(C)C1CC2CCC1C2. The summed E-state index contributed by atoms with van der Waals surface area (Å²) in [5.74, 6) is 2.49. The molecular weight excluding hydrogens is 362 g/mol. The summed E-state index contributed by atoms with van der Waals surface area (Å²) < 4.78 is 1.58. The molecule has 0 saturated heterocycles. The standard InChI is InChI=1S/C19H25N5O2S/c1-11(17-10-13-3-4-14(17)9-13)20-18(26)12(2)27-19-21-22-23-24(19)15-5-7-16(25)8-6-15/h5-8,11-14,17,25H,3-4,9-10H2,1-2H3,(H,20,26). The van der Waals surface area contributed by atoms with Crippen LogP contribution < -0.4 is 5.32 Å². The Kier molecular flexibility index (Phi) is 5.08. The number of thioether (sulfide) groups is 1. The average molecular weight is 388 g/mol. The summed E-state index contributed by atoms with van der Waals surface area (Å²) in [4.78, 5) is 12.7. The molecule has 2 aliphatic rings. The number of fused-ring (bicyclic) bond motifs is 2. The predicted octanol–water partition coefficient (Wildman–Crippen LogP) is 2.79. The lowest BCUT2D eigenvalue weighted by Crippen LogP contribution is -2.43. The maximum Gasteiger partial charge on any atom is 0.233 e. The first-order chi connectivity index (χ1) is 13.0. The van der Waals surface area contributed by atoms with Gasteiger partial charge < -0.3 is 10.4 Å². The number of carbonyl (C=O) groups excluding carboxylic acids is 1. The summed E-state index contributed by atoms with van der Waals surface area (Å²) in [7, 11) is 0. The van der Waals surface area contributed by atoms with E-state index in [4.69, 9.17) is 0 Å². The Morgan fingerprint density at radius 1 is 1.26 bits per heavy atom. The Labute approximate surface area is 162 Å². The molecule has 5 atom stereocenters. The van der Waals surface area contributed by atoms with Gasteiger partial charge in [-0.05, 0) is 85.6 Å². The van der Waals surface area contributed by atoms with Crippen molar-refractivity contribution in [3.63, 3.8) is 0 Å². The summed E-state index contributed by atoms with van der Waals surface area (Å²) in [5.41, 5.74) is 0.739. The minimum atomic E-state index is -0.298. The van der Waals surface area contributed by atoms with Crippen LogP contribution in [0.15, 0.2) is 29.4 Å². The van der Waals surface area contributed by atoms with E-state index in [1.807, 2.05) is 6.92 Å². The second-order valence-electron chi connectivity index (χ2n) is 7.79. The molecule has 0 spiro atoms. The Balaban J connectivity index is 1.38. The molecule has 0 radical (unpaired) electrons. The Bertz CT molecular complexity index is 809. The molecule has 8 heteroatoms. The van der Waals surface area contributed by atoms with E-state index < -0.39 is 0 Å². The van der Waals surface area contributed by atoms with Crippen LogP contribution in [0, 0.1) is 17.8 Å². The highest BCUT2D eigenvalue weighted by Gasteiger charge is 2.42. The van der Waals surface area contributed by atoms with Gasteiger partial charge >= 0.3 is 0 Å². The first-order valence-electron chi connectivity index (χ1n) is 9.56. The van der Waals surface area contributed by atoms with Crippen LogP contribution in [-0.2, 0) is 4.79 Å². The van der Waals surface area contributed by atoms with Crippen LogP contribution in [0.2, 0.25) is 0 Å². The van der Waals surface area contributed by atoms with Crippen molar-refractivity contribution in [3.8, 4) is 11.4 Å². The molecule has 144 valence electrons. The highest BCUT2D eigenvalue weighted by molar-refractivity contribution is 8.00. The van der Waals surface area contributed by atoms with E-state index in [1.54, 1.807) is 28.9 Å². The largest absolute Gasteiger partial charge is 0.508 e. The monoisotopic (exact) mass is 387 g/mol. The molecule has 4 rings (SSSR count). The molecule has 0 aliphatic heterocycles. The molecule has 2 bridgehead atoms. The number of nitrogens with one attached hydrogen (secondary N) is 1. The smallest absolute Gasteiger partial charge is 0.233 e. The van der Waals surface area contributed by atoms with Crippen molar-refractivity contribution in [3.05, 3.63) is 24.3 Å². The van der Waals surface area contributed by atoms with Gasteiger partial charge in [0.05, 0.1) is 10.9 Å². The number of phenols is 1. The number of amides is 1. The number of tetrazole rings is 1. The summed E-state index contributed by atoms with van der Waals surface area (Å²) in [6.07, 6.45) is 5.29. The number of aromatic hydroxyl groups is 1. The van der Waals surface area contributed by atoms with Gasteiger partial charge in [0.15, 0.2) is 0 Å². The van der Waals surface area contributed by atoms with E-state index in [1.165, 1.54) is 37.4 Å². The van der Waals surface area contributed by atoms with Gasteiger partial charge in [-0.3, -0.25) is 4.79 Å². The predicted molar refractivity (Wildman–Crippen MR) is 103 cm³/mol. The second kappa shape index (κ2) is 7.50. The van der Waals surface area contributed by atoms with Crippen LogP contribution in [0.25, 0.3) is 5.69 Å². The number of aromatic nitrogens is 4. The number of nitrogens with zero attached hydrogens (tertiary/aromatic N) is 4. The van der Waals surface area contributed by atoms with Crippen molar-refractivity contribution >= 4 is 17.7 Å². The molecule has 1 aromatic carbocycles. The Hall–Kier alpha value is -2.09. The lowest BCUT2D eigenvalue weighted by Gasteiger charge is -2.29. The van der Waals surface area contributed by atoms with Crippen molar-refractivity contribution in [2.75, 3.05) is 0 Å². The third-order valence-electron chi connectivity index (χ3n) is 5.99. The van der Waals surface area contributed by atoms with Crippen LogP contribution in [0.3, 0.4) is 0 Å². The third-order valence-corrected chi connectivity index (χ3v) is 7.02. The summed E-state index contributed by atoms with van der Waals surface area (Å²) in [5, 5.41) is 24.7. The van der Waals surface area contributed by atoms with Crippen LogP contribution >= 0.6 is 11.8 Å². The van der Waals surface area contributed by atoms with Gasteiger partial charge in [0.2, 0.25) is 11.1 Å². The Morgan fingerprint density at radius 3 is 2.70 bits per heavy atom. The first-order valence-corrected chi connectivity index (χ1v) is 10.4. The zero-order valence-corrected chi connectivity index (χ0v) is 16.4. The molecule has 2 aliphatic carbocycles. The number of hydrogen-bond donors (Lipinski definition) is 2. The lowest BCUT2D eigenvalue weighted by molar-refractivity contribution is -0.121. The van der Waals surface area contributed by atoms with Crippen molar-refractivity contribution < 1.29 is 9.90 Å². The summed E-state index contributed by atoms with van der Waals surface area (Å²) in [6.45, 7) is 4.02. The molecule has 1 aromatic heterocycles. The van der Waals surface area contributed by atoms with Crippen LogP contribution in [0.1, 0.15) is 39.5 Å². The number of carbonyl (C=O) groups is 1. The van der Waals surface area contributed by atoms with E-state index in [2.05, 4.69) is 27.8 Å². The van der Waals surface area contributed by atoms with E-state index in [0.717, 1.165) is 17.5 Å². The fraction of sp³-hybridized carbons (Fsp3) is 0.579. The van der Waals surface area contributed by atoms with Crippen molar-refractivity contribution in [2.24, 2.45) is 17.8 Å². The van der Waals surface area contributed by atoms with Gasteiger partial charge in [0.25, 0.3) is 0 Å². The van der Waals surface area contributed by atoms with Crippen molar-refractivity contribution in [1.29, 1.82) is 0 Å². The fourth-order valence-electron chi connectivity index (χ4n) is 4.58. The average Bonchev–Trinajstić information content (AvgIpc) is 3.39. The zero-order chi connectivity index (χ0) is 19.0. The molecular formula is C19H25N5O2S. The highest BCUT2D eigenvalue weighted by Crippen LogP contribution is 2.49. The Morgan fingerprint density at radius 2 is 2.04 bits per heavy atom. The number of hydrogen-bond acceptors (Lipinski definition) is 6. The topological polar surface area (TPSA) is 92.9 Å². The molecule has 2 aromatic rings. The fourth-order valence-corrected chi connectivity index (χ4v) is 5.39. The highest BCUT2D eigenvalue weighted by atomic mass is 32.2. The van der Waals surface area contributed by atoms with Crippen LogP contribution in [-0.4, -0.2) is 42.5 Å². The van der Waals surface area contributed by atoms with E-state index >= 15 is 0 Å². The van der Waals surface area contributed by atoms with Crippen molar-refractivity contribution in [1.82, 2.24) is 25.5 Å². The number of rotatable bonds is 6. The molecule has 7 nitrogen and oxygen atoms in total. The van der Waals surface area contributed by atoms with E-state index in [-0.39, 0.29) is 22.9 Å². The molecule has 2 saturated carbocycles. The van der Waals surface area contributed by atoms with Crippen LogP contribution in [0.4, 0.5) is 0 Å². The van der Waals surface area contributed by atoms with E-state index in [0.29, 0.717) is 11.1 Å². The molecule has 1 heterocycles. The summed E-state index contributed by atoms with van der Waals surface area (Å²) in [6, 6.07) is 6.84. The minimum absolute atomic E-state index is 0.0236. The summed E-state index contributed by atoms with van der Waals surface area (Å²) >= 11 is 1.34. The van der Waals surface area contributed by atoms with Crippen molar-refractivity contribution in [2.45, 2.75) is 56.0 Å². The van der Waals surface area contributed by atoms with Gasteiger partial charge in [0.1, 0.15) is 5.75 Å². The van der Waals surface area contributed by atoms with Gasteiger partial charge in [-0.1, -0.05) is 18.2 Å². The van der Waals surface area contributed by atoms with E-state index in [9.17, 15) is 9.90 Å². The molecule has 2 fully saturated rings. The maximum absolute atomic E-state index is 12.7. The van der Waals surface area contributed by atoms with Gasteiger partial charge in [-0.25, -0.2) is 0 Å². The number of benzene rings is 1. The third kappa shape index (κ3) is 3.81. The first kappa shape index (κ1) is 18.3. The molecule has 2 N–H and O–H groups in total.